The predicted molar refractivity (Wildman–Crippen MR) is 76.6 cm³/mol. The van der Waals surface area contributed by atoms with Crippen LogP contribution in [0.5, 0.6) is 0 Å². The molecule has 0 rings (SSSR count). The van der Waals surface area contributed by atoms with Crippen molar-refractivity contribution in [3.63, 3.8) is 0 Å². The quantitative estimate of drug-likeness (QED) is 0.359. The van der Waals surface area contributed by atoms with E-state index in [-0.39, 0.29) is 11.5 Å². The summed E-state index contributed by atoms with van der Waals surface area (Å²) in [7, 11) is 0.496. The monoisotopic (exact) mass is 294 g/mol. The molecule has 0 atom stereocenters. The molecule has 19 heavy (non-hydrogen) atoms. The summed E-state index contributed by atoms with van der Waals surface area (Å²) in [6, 6.07) is 0. The lowest BCUT2D eigenvalue weighted by Crippen LogP contribution is -2.41. The van der Waals surface area contributed by atoms with Gasteiger partial charge in [0.05, 0.1) is 32.9 Å². The lowest BCUT2D eigenvalue weighted by atomic mass is 10.1. The summed E-state index contributed by atoms with van der Waals surface area (Å²) in [6.45, 7) is 3.65. The fraction of sp³-hybridized carbons (Fsp3) is 0.923. The Labute approximate surface area is 117 Å². The van der Waals surface area contributed by atoms with Crippen molar-refractivity contribution in [3.8, 4) is 0 Å². The van der Waals surface area contributed by atoms with E-state index >= 15 is 0 Å². The maximum absolute atomic E-state index is 10.8. The Morgan fingerprint density at radius 3 is 2.00 bits per heavy atom. The minimum Gasteiger partial charge on any atom is -0.328 e. The Balaban J connectivity index is 3.64. The molecule has 0 radical (unpaired) electrons. The van der Waals surface area contributed by atoms with Gasteiger partial charge in [-0.25, -0.2) is 0 Å². The van der Waals surface area contributed by atoms with E-state index in [0.29, 0.717) is 12.8 Å². The van der Waals surface area contributed by atoms with Gasteiger partial charge in [-0.3, -0.25) is 4.55 Å². The number of hydrogen-bond donors (Lipinski definition) is 1. The van der Waals surface area contributed by atoms with Crippen LogP contribution in [0.4, 0.5) is 0 Å². The van der Waals surface area contributed by atoms with E-state index in [0.717, 1.165) is 43.3 Å². The van der Waals surface area contributed by atoms with Gasteiger partial charge in [0.15, 0.2) is 0 Å². The van der Waals surface area contributed by atoms with Gasteiger partial charge in [0, 0.05) is 6.42 Å². The van der Waals surface area contributed by atoms with Gasteiger partial charge in [-0.2, -0.15) is 8.42 Å². The topological polar surface area (TPSA) is 71.4 Å². The molecule has 0 bridgehead atoms. The molecule has 0 aliphatic rings. The number of nitrogens with zero attached hydrogens (tertiary/aromatic N) is 1. The average molecular weight is 294 g/mol. The SMILES string of the molecule is CC(=O)CCCC[N+](C)(C)CCCCCS(=O)(=O)O. The predicted octanol–water partition coefficient (Wildman–Crippen LogP) is 1.88. The normalized spacial score (nSPS) is 12.6. The van der Waals surface area contributed by atoms with Crippen molar-refractivity contribution in [2.75, 3.05) is 32.9 Å². The van der Waals surface area contributed by atoms with Gasteiger partial charge in [0.2, 0.25) is 0 Å². The summed E-state index contributed by atoms with van der Waals surface area (Å²) >= 11 is 0. The van der Waals surface area contributed by atoms with Gasteiger partial charge in [0.25, 0.3) is 10.1 Å². The third kappa shape index (κ3) is 13.8. The fourth-order valence-electron chi connectivity index (χ4n) is 2.03. The lowest BCUT2D eigenvalue weighted by molar-refractivity contribution is -0.890. The molecular weight excluding hydrogens is 266 g/mol. The summed E-state index contributed by atoms with van der Waals surface area (Å²) in [5.41, 5.74) is 0. The Bertz CT molecular complexity index is 363. The van der Waals surface area contributed by atoms with E-state index in [4.69, 9.17) is 4.55 Å². The van der Waals surface area contributed by atoms with Crippen molar-refractivity contribution < 1.29 is 22.2 Å². The third-order valence-electron chi connectivity index (χ3n) is 3.21. The third-order valence-corrected chi connectivity index (χ3v) is 4.01. The lowest BCUT2D eigenvalue weighted by Gasteiger charge is -2.29. The first-order valence-corrected chi connectivity index (χ1v) is 8.50. The number of Topliss-reactive ketones (excluding diaryl/α,β-unsaturated/α-hetero) is 1. The van der Waals surface area contributed by atoms with Crippen molar-refractivity contribution in [2.45, 2.75) is 45.4 Å². The van der Waals surface area contributed by atoms with Crippen LogP contribution in [-0.4, -0.2) is 56.2 Å². The Hall–Kier alpha value is -0.460. The van der Waals surface area contributed by atoms with Crippen LogP contribution in [0.3, 0.4) is 0 Å². The van der Waals surface area contributed by atoms with Crippen molar-refractivity contribution in [2.24, 2.45) is 0 Å². The highest BCUT2D eigenvalue weighted by Crippen LogP contribution is 2.08. The molecule has 0 aromatic rings. The fourth-order valence-corrected chi connectivity index (χ4v) is 2.60. The van der Waals surface area contributed by atoms with E-state index in [1.54, 1.807) is 6.92 Å². The van der Waals surface area contributed by atoms with Crippen molar-refractivity contribution in [1.82, 2.24) is 0 Å². The zero-order valence-corrected chi connectivity index (χ0v) is 13.2. The summed E-state index contributed by atoms with van der Waals surface area (Å²) in [6.07, 6.45) is 4.93. The minimum atomic E-state index is -3.80. The highest BCUT2D eigenvalue weighted by atomic mass is 32.2. The number of hydrogen-bond acceptors (Lipinski definition) is 3. The van der Waals surface area contributed by atoms with E-state index in [9.17, 15) is 13.2 Å². The van der Waals surface area contributed by atoms with Crippen LogP contribution < -0.4 is 0 Å². The molecule has 0 saturated heterocycles. The molecule has 0 spiro atoms. The van der Waals surface area contributed by atoms with Gasteiger partial charge in [-0.15, -0.1) is 0 Å². The van der Waals surface area contributed by atoms with Crippen LogP contribution >= 0.6 is 0 Å². The average Bonchev–Trinajstić information content (AvgIpc) is 2.22. The maximum atomic E-state index is 10.8. The molecule has 0 heterocycles. The number of carbonyl (C=O) groups is 1. The molecule has 0 unspecified atom stereocenters. The van der Waals surface area contributed by atoms with Crippen LogP contribution in [0, 0.1) is 0 Å². The summed E-state index contributed by atoms with van der Waals surface area (Å²) in [5, 5.41) is 0. The summed E-state index contributed by atoms with van der Waals surface area (Å²) in [5.74, 6) is 0.106. The van der Waals surface area contributed by atoms with E-state index in [1.165, 1.54) is 0 Å². The number of ketones is 1. The molecule has 1 N–H and O–H groups in total. The largest absolute Gasteiger partial charge is 0.328 e. The zero-order chi connectivity index (χ0) is 14.9. The molecule has 0 fully saturated rings. The Morgan fingerprint density at radius 1 is 1.00 bits per heavy atom. The zero-order valence-electron chi connectivity index (χ0n) is 12.4. The van der Waals surface area contributed by atoms with Crippen LogP contribution in [-0.2, 0) is 14.9 Å². The first kappa shape index (κ1) is 18.5. The number of carbonyl (C=O) groups excluding carboxylic acids is 1. The van der Waals surface area contributed by atoms with E-state index in [1.807, 2.05) is 0 Å². The van der Waals surface area contributed by atoms with Crippen LogP contribution in [0.1, 0.15) is 45.4 Å². The molecule has 0 aliphatic heterocycles. The second-order valence-corrected chi connectivity index (χ2v) is 7.46. The van der Waals surface area contributed by atoms with Gasteiger partial charge < -0.3 is 9.28 Å². The van der Waals surface area contributed by atoms with Crippen molar-refractivity contribution in [3.05, 3.63) is 0 Å². The van der Waals surface area contributed by atoms with Gasteiger partial charge in [-0.05, 0) is 39.0 Å². The molecular formula is C13H28NO4S+. The van der Waals surface area contributed by atoms with E-state index in [2.05, 4.69) is 14.1 Å². The number of quaternary nitrogens is 1. The van der Waals surface area contributed by atoms with Crippen molar-refractivity contribution >= 4 is 15.9 Å². The van der Waals surface area contributed by atoms with Crippen LogP contribution in [0.25, 0.3) is 0 Å². The molecule has 5 nitrogen and oxygen atoms in total. The smallest absolute Gasteiger partial charge is 0.264 e. The van der Waals surface area contributed by atoms with Crippen LogP contribution in [0.2, 0.25) is 0 Å². The Morgan fingerprint density at radius 2 is 1.53 bits per heavy atom. The van der Waals surface area contributed by atoms with Crippen LogP contribution in [0.15, 0.2) is 0 Å². The summed E-state index contributed by atoms with van der Waals surface area (Å²) < 4.78 is 30.6. The minimum absolute atomic E-state index is 0.140. The first-order valence-electron chi connectivity index (χ1n) is 6.89. The Kier molecular flexibility index (Phi) is 8.45. The number of unbranched alkanes of at least 4 members (excludes halogenated alkanes) is 3. The molecule has 0 saturated carbocycles. The highest BCUT2D eigenvalue weighted by molar-refractivity contribution is 7.85. The molecule has 0 aromatic carbocycles. The standard InChI is InChI=1S/C13H27NO4S/c1-13(15)9-5-7-11-14(2,3)10-6-4-8-12-19(16,17)18/h4-12H2,1-3H3/p+1. The van der Waals surface area contributed by atoms with Crippen molar-refractivity contribution in [1.29, 1.82) is 0 Å². The number of rotatable bonds is 11. The van der Waals surface area contributed by atoms with E-state index < -0.39 is 10.1 Å². The highest BCUT2D eigenvalue weighted by Gasteiger charge is 2.14. The molecule has 0 amide bonds. The van der Waals surface area contributed by atoms with Gasteiger partial charge >= 0.3 is 0 Å². The summed E-state index contributed by atoms with van der Waals surface area (Å²) in [4.78, 5) is 10.8. The molecule has 114 valence electrons. The second kappa shape index (κ2) is 8.66. The maximum Gasteiger partial charge on any atom is 0.264 e. The first-order chi connectivity index (χ1) is 8.62. The second-order valence-electron chi connectivity index (χ2n) is 5.89. The van der Waals surface area contributed by atoms with Gasteiger partial charge in [0.1, 0.15) is 5.78 Å². The molecule has 0 aromatic heterocycles. The molecule has 6 heteroatoms. The molecule has 0 aliphatic carbocycles. The van der Waals surface area contributed by atoms with Gasteiger partial charge in [-0.1, -0.05) is 0 Å².